The van der Waals surface area contributed by atoms with E-state index in [9.17, 15) is 9.59 Å². The molecule has 1 aliphatic heterocycles. The molecule has 1 N–H and O–H groups in total. The first-order chi connectivity index (χ1) is 12.1. The van der Waals surface area contributed by atoms with Crippen molar-refractivity contribution in [3.05, 3.63) is 17.8 Å². The number of amides is 2. The number of hydrogen-bond donors (Lipinski definition) is 1. The Kier molecular flexibility index (Phi) is 6.97. The van der Waals surface area contributed by atoms with Crippen LogP contribution in [0.2, 0.25) is 0 Å². The molecule has 138 valence electrons. The highest BCUT2D eigenvalue weighted by Crippen LogP contribution is 2.13. The number of rotatable bonds is 6. The molecule has 25 heavy (non-hydrogen) atoms. The van der Waals surface area contributed by atoms with E-state index in [1.165, 1.54) is 0 Å². The first-order valence-electron chi connectivity index (χ1n) is 8.90. The molecule has 0 unspecified atom stereocenters. The lowest BCUT2D eigenvalue weighted by Gasteiger charge is -2.31. The molecule has 2 rings (SSSR count). The van der Waals surface area contributed by atoms with Gasteiger partial charge in [0.05, 0.1) is 6.61 Å². The molecule has 1 aliphatic rings. The summed E-state index contributed by atoms with van der Waals surface area (Å²) >= 11 is 0. The van der Waals surface area contributed by atoms with E-state index in [1.54, 1.807) is 17.9 Å². The maximum atomic E-state index is 12.3. The highest BCUT2D eigenvalue weighted by atomic mass is 16.6. The van der Waals surface area contributed by atoms with Gasteiger partial charge in [0.25, 0.3) is 5.91 Å². The zero-order valence-corrected chi connectivity index (χ0v) is 15.2. The first-order valence-corrected chi connectivity index (χ1v) is 8.90. The molecule has 0 spiro atoms. The van der Waals surface area contributed by atoms with Crippen molar-refractivity contribution in [3.8, 4) is 0 Å². The third-order valence-electron chi connectivity index (χ3n) is 4.33. The Hall–Kier alpha value is -2.38. The van der Waals surface area contributed by atoms with Gasteiger partial charge in [-0.3, -0.25) is 4.79 Å². The molecule has 8 nitrogen and oxygen atoms in total. The van der Waals surface area contributed by atoms with Gasteiger partial charge in [-0.1, -0.05) is 0 Å². The van der Waals surface area contributed by atoms with Crippen molar-refractivity contribution in [1.82, 2.24) is 20.4 Å². The second-order valence-electron chi connectivity index (χ2n) is 5.88. The molecular weight excluding hydrogens is 322 g/mol. The van der Waals surface area contributed by atoms with Crippen molar-refractivity contribution >= 4 is 17.8 Å². The molecule has 0 aliphatic carbocycles. The fraction of sp³-hybridized carbons (Fsp3) is 0.647. The minimum Gasteiger partial charge on any atom is -0.450 e. The van der Waals surface area contributed by atoms with Gasteiger partial charge in [-0.25, -0.2) is 4.79 Å². The van der Waals surface area contributed by atoms with E-state index in [0.717, 1.165) is 18.9 Å². The van der Waals surface area contributed by atoms with Crippen molar-refractivity contribution < 1.29 is 14.3 Å². The molecule has 0 saturated carbocycles. The molecule has 1 aromatic heterocycles. The summed E-state index contributed by atoms with van der Waals surface area (Å²) in [5, 5.41) is 11.1. The van der Waals surface area contributed by atoms with Crippen molar-refractivity contribution in [1.29, 1.82) is 0 Å². The number of carbonyl (C=O) groups excluding carboxylic acids is 2. The Morgan fingerprint density at radius 1 is 1.20 bits per heavy atom. The Morgan fingerprint density at radius 3 is 2.40 bits per heavy atom. The second-order valence-corrected chi connectivity index (χ2v) is 5.88. The number of carbonyl (C=O) groups is 2. The van der Waals surface area contributed by atoms with Crippen LogP contribution in [0.3, 0.4) is 0 Å². The van der Waals surface area contributed by atoms with E-state index in [0.29, 0.717) is 38.2 Å². The Balaban J connectivity index is 1.85. The predicted molar refractivity (Wildman–Crippen MR) is 94.7 cm³/mol. The van der Waals surface area contributed by atoms with Crippen molar-refractivity contribution in [3.63, 3.8) is 0 Å². The van der Waals surface area contributed by atoms with Gasteiger partial charge in [-0.2, -0.15) is 0 Å². The maximum absolute atomic E-state index is 12.3. The highest BCUT2D eigenvalue weighted by Gasteiger charge is 2.25. The molecule has 1 fully saturated rings. The van der Waals surface area contributed by atoms with Crippen LogP contribution in [0.4, 0.5) is 10.6 Å². The number of nitrogens with zero attached hydrogens (tertiary/aromatic N) is 4. The van der Waals surface area contributed by atoms with E-state index in [1.807, 2.05) is 6.07 Å². The normalized spacial score (nSPS) is 14.9. The minimum absolute atomic E-state index is 0.0300. The number of anilines is 1. The summed E-state index contributed by atoms with van der Waals surface area (Å²) in [5.74, 6) is 0.539. The second kappa shape index (κ2) is 9.19. The summed E-state index contributed by atoms with van der Waals surface area (Å²) in [7, 11) is 0. The summed E-state index contributed by atoms with van der Waals surface area (Å²) in [6, 6.07) is 3.55. The quantitative estimate of drug-likeness (QED) is 0.841. The average Bonchev–Trinajstić information content (AvgIpc) is 2.64. The minimum atomic E-state index is -0.287. The summed E-state index contributed by atoms with van der Waals surface area (Å²) < 4.78 is 4.99. The lowest BCUT2D eigenvalue weighted by molar-refractivity contribution is 0.0856. The number of piperidine rings is 1. The summed E-state index contributed by atoms with van der Waals surface area (Å²) in [6.07, 6.45) is 1.12. The van der Waals surface area contributed by atoms with Gasteiger partial charge >= 0.3 is 6.09 Å². The van der Waals surface area contributed by atoms with E-state index < -0.39 is 0 Å². The van der Waals surface area contributed by atoms with Crippen LogP contribution in [0, 0.1) is 0 Å². The number of hydrogen-bond acceptors (Lipinski definition) is 6. The standard InChI is InChI=1S/C17H27N5O3/c1-4-21(5-2)15-8-7-14(19-20-15)16(23)18-13-9-11-22(12-10-13)17(24)25-6-3/h7-8,13H,4-6,9-12H2,1-3H3,(H,18,23). The van der Waals surface area contributed by atoms with Crippen molar-refractivity contribution in [2.45, 2.75) is 39.7 Å². The fourth-order valence-corrected chi connectivity index (χ4v) is 2.84. The van der Waals surface area contributed by atoms with Gasteiger partial charge in [-0.05, 0) is 45.7 Å². The lowest BCUT2D eigenvalue weighted by Crippen LogP contribution is -2.46. The van der Waals surface area contributed by atoms with E-state index in [4.69, 9.17) is 4.74 Å². The van der Waals surface area contributed by atoms with Crippen LogP contribution >= 0.6 is 0 Å². The van der Waals surface area contributed by atoms with Gasteiger partial charge in [-0.15, -0.1) is 10.2 Å². The van der Waals surface area contributed by atoms with Crippen LogP contribution in [0.25, 0.3) is 0 Å². The predicted octanol–water partition coefficient (Wildman–Crippen LogP) is 1.67. The Bertz CT molecular complexity index is 566. The largest absolute Gasteiger partial charge is 0.450 e. The van der Waals surface area contributed by atoms with Crippen LogP contribution in [0.15, 0.2) is 12.1 Å². The molecule has 2 heterocycles. The summed E-state index contributed by atoms with van der Waals surface area (Å²) in [6.45, 7) is 9.11. The SMILES string of the molecule is CCOC(=O)N1CCC(NC(=O)c2ccc(N(CC)CC)nn2)CC1. The first kappa shape index (κ1) is 19.0. The molecule has 2 amide bonds. The van der Waals surface area contributed by atoms with Crippen LogP contribution in [-0.2, 0) is 4.74 Å². The van der Waals surface area contributed by atoms with Crippen molar-refractivity contribution in [2.75, 3.05) is 37.7 Å². The molecule has 1 saturated heterocycles. The summed E-state index contributed by atoms with van der Waals surface area (Å²) in [4.78, 5) is 27.7. The Morgan fingerprint density at radius 2 is 1.88 bits per heavy atom. The van der Waals surface area contributed by atoms with Crippen LogP contribution in [0.5, 0.6) is 0 Å². The number of ether oxygens (including phenoxy) is 1. The third-order valence-corrected chi connectivity index (χ3v) is 4.33. The maximum Gasteiger partial charge on any atom is 0.409 e. The van der Waals surface area contributed by atoms with Crippen LogP contribution in [-0.4, -0.2) is 65.9 Å². The zero-order valence-electron chi connectivity index (χ0n) is 15.2. The van der Waals surface area contributed by atoms with E-state index in [2.05, 4.69) is 34.3 Å². The van der Waals surface area contributed by atoms with Gasteiger partial charge in [0.1, 0.15) is 0 Å². The van der Waals surface area contributed by atoms with E-state index >= 15 is 0 Å². The number of aromatic nitrogens is 2. The number of likely N-dealkylation sites (tertiary alicyclic amines) is 1. The molecule has 0 bridgehead atoms. The average molecular weight is 349 g/mol. The highest BCUT2D eigenvalue weighted by molar-refractivity contribution is 5.92. The molecule has 0 aromatic carbocycles. The van der Waals surface area contributed by atoms with Gasteiger partial charge in [0, 0.05) is 32.2 Å². The van der Waals surface area contributed by atoms with E-state index in [-0.39, 0.29) is 18.0 Å². The van der Waals surface area contributed by atoms with Crippen LogP contribution < -0.4 is 10.2 Å². The molecule has 1 aromatic rings. The molecule has 0 radical (unpaired) electrons. The van der Waals surface area contributed by atoms with Gasteiger partial charge < -0.3 is 19.9 Å². The zero-order chi connectivity index (χ0) is 18.2. The lowest BCUT2D eigenvalue weighted by atomic mass is 10.1. The van der Waals surface area contributed by atoms with Gasteiger partial charge in [0.15, 0.2) is 11.5 Å². The van der Waals surface area contributed by atoms with Crippen molar-refractivity contribution in [2.24, 2.45) is 0 Å². The molecule has 8 heteroatoms. The smallest absolute Gasteiger partial charge is 0.409 e. The third kappa shape index (κ3) is 5.04. The van der Waals surface area contributed by atoms with Gasteiger partial charge in [0.2, 0.25) is 0 Å². The fourth-order valence-electron chi connectivity index (χ4n) is 2.84. The topological polar surface area (TPSA) is 87.7 Å². The molecular formula is C17H27N5O3. The Labute approximate surface area is 148 Å². The van der Waals surface area contributed by atoms with Crippen LogP contribution in [0.1, 0.15) is 44.1 Å². The molecule has 0 atom stereocenters. The number of nitrogens with one attached hydrogen (secondary N) is 1. The summed E-state index contributed by atoms with van der Waals surface area (Å²) in [5.41, 5.74) is 0.309. The monoisotopic (exact) mass is 349 g/mol.